The predicted octanol–water partition coefficient (Wildman–Crippen LogP) is 3.17. The number of rotatable bonds is 2. The number of hydrogen-bond donors (Lipinski definition) is 1. The van der Waals surface area contributed by atoms with Crippen LogP contribution < -0.4 is 0 Å². The van der Waals surface area contributed by atoms with Gasteiger partial charge in [0.2, 0.25) is 0 Å². The molecule has 1 aromatic carbocycles. The van der Waals surface area contributed by atoms with E-state index in [2.05, 4.69) is 23.3 Å². The molecule has 1 heterocycles. The van der Waals surface area contributed by atoms with E-state index in [1.807, 2.05) is 18.3 Å². The van der Waals surface area contributed by atoms with E-state index < -0.39 is 5.97 Å². The first-order chi connectivity index (χ1) is 10.2. The number of fused-ring (bicyclic) bond motifs is 1. The lowest BCUT2D eigenvalue weighted by Gasteiger charge is -2.02. The number of hydrogen-bond acceptors (Lipinski definition) is 2. The van der Waals surface area contributed by atoms with E-state index in [-0.39, 0.29) is 5.56 Å². The van der Waals surface area contributed by atoms with Crippen molar-refractivity contribution in [3.05, 3.63) is 71.6 Å². The van der Waals surface area contributed by atoms with E-state index in [4.69, 9.17) is 5.11 Å². The van der Waals surface area contributed by atoms with Crippen molar-refractivity contribution in [2.24, 2.45) is 0 Å². The summed E-state index contributed by atoms with van der Waals surface area (Å²) in [6.45, 7) is 0. The van der Waals surface area contributed by atoms with Gasteiger partial charge >= 0.3 is 5.97 Å². The normalized spacial score (nSPS) is 17.1. The van der Waals surface area contributed by atoms with E-state index in [0.29, 0.717) is 0 Å². The van der Waals surface area contributed by atoms with Gasteiger partial charge in [-0.1, -0.05) is 30.4 Å². The second-order valence-electron chi connectivity index (χ2n) is 5.00. The van der Waals surface area contributed by atoms with Gasteiger partial charge in [0.15, 0.2) is 0 Å². The third-order valence-electron chi connectivity index (χ3n) is 3.51. The van der Waals surface area contributed by atoms with Crippen molar-refractivity contribution in [3.63, 3.8) is 0 Å². The number of benzene rings is 1. The molecule has 1 aromatic heterocycles. The van der Waals surface area contributed by atoms with Crippen molar-refractivity contribution in [2.75, 3.05) is 0 Å². The van der Waals surface area contributed by atoms with Crippen LogP contribution >= 0.6 is 0 Å². The van der Waals surface area contributed by atoms with E-state index in [0.717, 1.165) is 30.6 Å². The first-order valence-corrected chi connectivity index (χ1v) is 6.97. The lowest BCUT2D eigenvalue weighted by Crippen LogP contribution is -2.00. The Labute approximate surface area is 123 Å². The third kappa shape index (κ3) is 2.94. The monoisotopic (exact) mass is 280 g/mol. The third-order valence-corrected chi connectivity index (χ3v) is 3.51. The number of carboxylic acid groups (broad SMARTS) is 1. The predicted molar refractivity (Wildman–Crippen MR) is 80.8 cm³/mol. The second-order valence-corrected chi connectivity index (χ2v) is 5.00. The molecule has 0 amide bonds. The summed E-state index contributed by atoms with van der Waals surface area (Å²) >= 11 is 0. The molecule has 21 heavy (non-hydrogen) atoms. The molecule has 1 N–H and O–H groups in total. The molecular weight excluding hydrogens is 264 g/mol. The molecule has 3 rings (SSSR count). The van der Waals surface area contributed by atoms with Gasteiger partial charge in [-0.25, -0.2) is 9.48 Å². The van der Waals surface area contributed by atoms with Gasteiger partial charge in [0, 0.05) is 12.6 Å². The van der Waals surface area contributed by atoms with Crippen LogP contribution in [0.5, 0.6) is 0 Å². The van der Waals surface area contributed by atoms with Crippen molar-refractivity contribution >= 4 is 5.97 Å². The van der Waals surface area contributed by atoms with Crippen molar-refractivity contribution in [3.8, 4) is 5.69 Å². The number of carboxylic acids is 1. The Morgan fingerprint density at radius 2 is 2.10 bits per heavy atom. The highest BCUT2D eigenvalue weighted by Crippen LogP contribution is 2.17. The first kappa shape index (κ1) is 13.4. The van der Waals surface area contributed by atoms with Crippen LogP contribution in [-0.4, -0.2) is 20.9 Å². The van der Waals surface area contributed by atoms with Crippen molar-refractivity contribution in [1.29, 1.82) is 0 Å². The van der Waals surface area contributed by atoms with E-state index >= 15 is 0 Å². The molecule has 4 heteroatoms. The highest BCUT2D eigenvalue weighted by atomic mass is 16.4. The maximum absolute atomic E-state index is 11.1. The van der Waals surface area contributed by atoms with Crippen molar-refractivity contribution < 1.29 is 9.90 Å². The highest BCUT2D eigenvalue weighted by Gasteiger charge is 2.10. The maximum Gasteiger partial charge on any atom is 0.335 e. The first-order valence-electron chi connectivity index (χ1n) is 6.97. The van der Waals surface area contributed by atoms with Gasteiger partial charge < -0.3 is 5.11 Å². The molecule has 2 aromatic rings. The summed E-state index contributed by atoms with van der Waals surface area (Å²) < 4.78 is 1.77. The number of nitrogens with zero attached hydrogens (tertiary/aromatic N) is 2. The SMILES string of the molecule is O=C(O)c1cccc(-n2cc3c(n2)C/C=C\C=C/CC3)c1. The summed E-state index contributed by atoms with van der Waals surface area (Å²) in [5.74, 6) is -0.924. The van der Waals surface area contributed by atoms with Crippen LogP contribution in [0.15, 0.2) is 54.8 Å². The molecule has 0 radical (unpaired) electrons. The minimum absolute atomic E-state index is 0.273. The van der Waals surface area contributed by atoms with Crippen molar-refractivity contribution in [2.45, 2.75) is 19.3 Å². The minimum Gasteiger partial charge on any atom is -0.478 e. The Morgan fingerprint density at radius 1 is 1.24 bits per heavy atom. The number of allylic oxidation sites excluding steroid dienone is 4. The smallest absolute Gasteiger partial charge is 0.335 e. The topological polar surface area (TPSA) is 55.1 Å². The zero-order valence-electron chi connectivity index (χ0n) is 11.6. The Balaban J connectivity index is 1.97. The zero-order valence-corrected chi connectivity index (χ0v) is 11.6. The fraction of sp³-hybridized carbons (Fsp3) is 0.176. The molecular formula is C17H16N2O2. The van der Waals surface area contributed by atoms with Crippen molar-refractivity contribution in [1.82, 2.24) is 9.78 Å². The quantitative estimate of drug-likeness (QED) is 0.919. The molecule has 0 fully saturated rings. The van der Waals surface area contributed by atoms with Crippen LogP contribution in [0.1, 0.15) is 28.0 Å². The molecule has 4 nitrogen and oxygen atoms in total. The zero-order chi connectivity index (χ0) is 14.7. The van der Waals surface area contributed by atoms with E-state index in [1.165, 1.54) is 5.56 Å². The average molecular weight is 280 g/mol. The number of carbonyl (C=O) groups is 1. The van der Waals surface area contributed by atoms with Crippen LogP contribution in [0.4, 0.5) is 0 Å². The van der Waals surface area contributed by atoms with Crippen LogP contribution in [-0.2, 0) is 12.8 Å². The molecule has 0 unspecified atom stereocenters. The largest absolute Gasteiger partial charge is 0.478 e. The van der Waals surface area contributed by atoms with Gasteiger partial charge in [0.1, 0.15) is 0 Å². The Bertz CT molecular complexity index is 726. The van der Waals surface area contributed by atoms with Crippen LogP contribution in [0.3, 0.4) is 0 Å². The summed E-state index contributed by atoms with van der Waals surface area (Å²) in [6.07, 6.45) is 13.1. The van der Waals surface area contributed by atoms with Crippen LogP contribution in [0, 0.1) is 0 Å². The summed E-state index contributed by atoms with van der Waals surface area (Å²) in [7, 11) is 0. The molecule has 0 atom stereocenters. The molecule has 106 valence electrons. The molecule has 0 saturated heterocycles. The molecule has 0 bridgehead atoms. The van der Waals surface area contributed by atoms with Gasteiger partial charge in [-0.15, -0.1) is 0 Å². The van der Waals surface area contributed by atoms with Crippen LogP contribution in [0.2, 0.25) is 0 Å². The summed E-state index contributed by atoms with van der Waals surface area (Å²) in [5, 5.41) is 13.7. The Hall–Kier alpha value is -2.62. The number of aryl methyl sites for hydroxylation is 1. The molecule has 1 aliphatic rings. The fourth-order valence-corrected chi connectivity index (χ4v) is 2.41. The standard InChI is InChI=1S/C17H16N2O2/c20-17(21)13-8-6-9-15(11-13)19-12-14-7-4-2-1-3-5-10-16(14)18-19/h1-3,5-6,8-9,11-12H,4,7,10H2,(H,20,21)/b2-1-,5-3-. The number of aromatic carboxylic acids is 1. The lowest BCUT2D eigenvalue weighted by atomic mass is 10.1. The minimum atomic E-state index is -0.924. The van der Waals surface area contributed by atoms with E-state index in [9.17, 15) is 4.79 Å². The molecule has 0 saturated carbocycles. The lowest BCUT2D eigenvalue weighted by molar-refractivity contribution is 0.0697. The average Bonchev–Trinajstić information content (AvgIpc) is 2.92. The Kier molecular flexibility index (Phi) is 3.69. The Morgan fingerprint density at radius 3 is 2.95 bits per heavy atom. The summed E-state index contributed by atoms with van der Waals surface area (Å²) in [5.41, 5.74) is 3.32. The summed E-state index contributed by atoms with van der Waals surface area (Å²) in [6, 6.07) is 6.84. The molecule has 0 aliphatic heterocycles. The molecule has 1 aliphatic carbocycles. The van der Waals surface area contributed by atoms with Crippen LogP contribution in [0.25, 0.3) is 5.69 Å². The number of aromatic nitrogens is 2. The van der Waals surface area contributed by atoms with E-state index in [1.54, 1.807) is 22.9 Å². The van der Waals surface area contributed by atoms with Gasteiger partial charge in [-0.05, 0) is 36.6 Å². The second kappa shape index (κ2) is 5.79. The summed E-state index contributed by atoms with van der Waals surface area (Å²) in [4.78, 5) is 11.1. The van der Waals surface area contributed by atoms with Gasteiger partial charge in [0.25, 0.3) is 0 Å². The van der Waals surface area contributed by atoms with Gasteiger partial charge in [-0.3, -0.25) is 0 Å². The molecule has 0 spiro atoms. The fourth-order valence-electron chi connectivity index (χ4n) is 2.41. The van der Waals surface area contributed by atoms with Gasteiger partial charge in [-0.2, -0.15) is 5.10 Å². The maximum atomic E-state index is 11.1. The highest BCUT2D eigenvalue weighted by molar-refractivity contribution is 5.88. The van der Waals surface area contributed by atoms with Gasteiger partial charge in [0.05, 0.1) is 16.9 Å².